The Balaban J connectivity index is 2.88. The zero-order valence-electron chi connectivity index (χ0n) is 14.1. The van der Waals surface area contributed by atoms with E-state index >= 15 is 0 Å². The fourth-order valence-electron chi connectivity index (χ4n) is 1.80. The minimum atomic E-state index is 0.425. The van der Waals surface area contributed by atoms with Crippen molar-refractivity contribution in [2.75, 3.05) is 41.6 Å². The van der Waals surface area contributed by atoms with Crippen molar-refractivity contribution in [2.45, 2.75) is 6.92 Å². The van der Waals surface area contributed by atoms with Crippen LogP contribution in [-0.4, -0.2) is 52.4 Å². The van der Waals surface area contributed by atoms with Gasteiger partial charge in [-0.15, -0.1) is 0 Å². The van der Waals surface area contributed by atoms with Crippen molar-refractivity contribution in [3.8, 4) is 17.2 Å². The maximum atomic E-state index is 5.33. The molecule has 0 fully saturated rings. The van der Waals surface area contributed by atoms with Crippen molar-refractivity contribution in [2.24, 2.45) is 5.10 Å². The number of nitrogens with one attached hydrogen (secondary N) is 2. The maximum absolute atomic E-state index is 5.33. The first-order valence-electron chi connectivity index (χ1n) is 6.94. The van der Waals surface area contributed by atoms with Gasteiger partial charge in [-0.3, -0.25) is 5.43 Å². The van der Waals surface area contributed by atoms with Gasteiger partial charge in [-0.05, 0) is 31.3 Å². The Morgan fingerprint density at radius 2 is 1.70 bits per heavy atom. The molecule has 0 saturated carbocycles. The molecule has 8 heteroatoms. The van der Waals surface area contributed by atoms with E-state index in [0.717, 1.165) is 11.3 Å². The van der Waals surface area contributed by atoms with Crippen molar-refractivity contribution >= 4 is 23.0 Å². The number of thiocarbonyl (C=S) groups is 1. The van der Waals surface area contributed by atoms with Gasteiger partial charge in [0.1, 0.15) is 0 Å². The molecule has 0 spiro atoms. The third kappa shape index (κ3) is 5.57. The van der Waals surface area contributed by atoms with Crippen LogP contribution in [0, 0.1) is 0 Å². The van der Waals surface area contributed by atoms with Gasteiger partial charge in [0.05, 0.1) is 33.6 Å². The number of hydrogen-bond donors (Lipinski definition) is 2. The first kappa shape index (κ1) is 19.0. The van der Waals surface area contributed by atoms with Crippen LogP contribution in [0.25, 0.3) is 0 Å². The fraction of sp³-hybridized carbons (Fsp3) is 0.467. The summed E-state index contributed by atoms with van der Waals surface area (Å²) in [6.45, 7) is 3.03. The van der Waals surface area contributed by atoms with Crippen molar-refractivity contribution in [1.82, 2.24) is 10.7 Å². The molecule has 23 heavy (non-hydrogen) atoms. The number of rotatable bonds is 8. The summed E-state index contributed by atoms with van der Waals surface area (Å²) in [5.41, 5.74) is 4.33. The van der Waals surface area contributed by atoms with Gasteiger partial charge in [0.15, 0.2) is 16.6 Å². The average Bonchev–Trinajstić information content (AvgIpc) is 2.58. The molecule has 0 atom stereocenters. The number of hydrazone groups is 1. The molecule has 7 nitrogen and oxygen atoms in total. The molecule has 1 aromatic rings. The smallest absolute Gasteiger partial charge is 0.203 e. The molecule has 0 bridgehead atoms. The highest BCUT2D eigenvalue weighted by atomic mass is 32.1. The molecule has 0 unspecified atom stereocenters. The molecule has 0 aliphatic heterocycles. The minimum absolute atomic E-state index is 0.425. The fourth-order valence-corrected chi connectivity index (χ4v) is 1.94. The molecule has 0 heterocycles. The van der Waals surface area contributed by atoms with Crippen molar-refractivity contribution < 1.29 is 18.9 Å². The molecule has 0 amide bonds. The second kappa shape index (κ2) is 9.86. The van der Waals surface area contributed by atoms with E-state index in [9.17, 15) is 0 Å². The highest BCUT2D eigenvalue weighted by Crippen LogP contribution is 2.38. The lowest BCUT2D eigenvalue weighted by atomic mass is 10.1. The van der Waals surface area contributed by atoms with E-state index in [1.807, 2.05) is 19.1 Å². The van der Waals surface area contributed by atoms with Crippen LogP contribution in [0.5, 0.6) is 17.2 Å². The molecule has 0 saturated heterocycles. The number of nitrogens with zero attached hydrogens (tertiary/aromatic N) is 1. The average molecular weight is 341 g/mol. The first-order valence-corrected chi connectivity index (χ1v) is 7.35. The maximum Gasteiger partial charge on any atom is 0.203 e. The van der Waals surface area contributed by atoms with Gasteiger partial charge in [-0.2, -0.15) is 5.10 Å². The molecular weight excluding hydrogens is 318 g/mol. The molecule has 0 aliphatic carbocycles. The summed E-state index contributed by atoms with van der Waals surface area (Å²) >= 11 is 5.12. The standard InChI is InChI=1S/C15H23N3O4S/c1-10(17-18-15(23)16-6-7-19-2)11-8-12(20-3)14(22-5)13(9-11)21-4/h8-9H,6-7H2,1-5H3,(H2,16,18,23)/b17-10-. The van der Waals surface area contributed by atoms with E-state index < -0.39 is 0 Å². The third-order valence-corrected chi connectivity index (χ3v) is 3.24. The lowest BCUT2D eigenvalue weighted by Crippen LogP contribution is -2.34. The predicted molar refractivity (Wildman–Crippen MR) is 93.9 cm³/mol. The molecule has 0 radical (unpaired) electrons. The van der Waals surface area contributed by atoms with Crippen LogP contribution in [0.1, 0.15) is 12.5 Å². The highest BCUT2D eigenvalue weighted by Gasteiger charge is 2.14. The summed E-state index contributed by atoms with van der Waals surface area (Å²) in [6.07, 6.45) is 0. The molecular formula is C15H23N3O4S. The van der Waals surface area contributed by atoms with Gasteiger partial charge in [-0.25, -0.2) is 0 Å². The molecule has 0 aromatic heterocycles. The van der Waals surface area contributed by atoms with Crippen molar-refractivity contribution in [3.05, 3.63) is 17.7 Å². The first-order chi connectivity index (χ1) is 11.1. The summed E-state index contributed by atoms with van der Waals surface area (Å²) in [5.74, 6) is 1.67. The molecule has 1 aromatic carbocycles. The Morgan fingerprint density at radius 3 is 2.17 bits per heavy atom. The van der Waals surface area contributed by atoms with Crippen LogP contribution in [0.3, 0.4) is 0 Å². The van der Waals surface area contributed by atoms with E-state index in [1.165, 1.54) is 0 Å². The van der Waals surface area contributed by atoms with E-state index in [4.69, 9.17) is 31.2 Å². The van der Waals surface area contributed by atoms with Crippen LogP contribution < -0.4 is 25.0 Å². The molecule has 128 valence electrons. The van der Waals surface area contributed by atoms with Gasteiger partial charge in [0, 0.05) is 19.2 Å². The Morgan fingerprint density at radius 1 is 1.09 bits per heavy atom. The summed E-state index contributed by atoms with van der Waals surface area (Å²) in [7, 11) is 6.33. The van der Waals surface area contributed by atoms with E-state index in [1.54, 1.807) is 28.4 Å². The zero-order chi connectivity index (χ0) is 17.2. The Labute approximate surface area is 141 Å². The number of methoxy groups -OCH3 is 4. The van der Waals surface area contributed by atoms with Gasteiger partial charge in [0.25, 0.3) is 0 Å². The largest absolute Gasteiger partial charge is 0.493 e. The summed E-state index contributed by atoms with van der Waals surface area (Å²) in [5, 5.41) is 7.65. The van der Waals surface area contributed by atoms with E-state index in [0.29, 0.717) is 35.5 Å². The molecule has 0 aliphatic rings. The van der Waals surface area contributed by atoms with Crippen LogP contribution in [0.15, 0.2) is 17.2 Å². The van der Waals surface area contributed by atoms with Crippen molar-refractivity contribution in [1.29, 1.82) is 0 Å². The Bertz CT molecular complexity index is 539. The van der Waals surface area contributed by atoms with Crippen LogP contribution in [0.4, 0.5) is 0 Å². The lowest BCUT2D eigenvalue weighted by Gasteiger charge is -2.14. The van der Waals surface area contributed by atoms with Crippen molar-refractivity contribution in [3.63, 3.8) is 0 Å². The van der Waals surface area contributed by atoms with E-state index in [2.05, 4.69) is 15.8 Å². The van der Waals surface area contributed by atoms with Crippen LogP contribution in [-0.2, 0) is 4.74 Å². The second-order valence-electron chi connectivity index (χ2n) is 4.47. The van der Waals surface area contributed by atoms with Crippen LogP contribution >= 0.6 is 12.2 Å². The topological polar surface area (TPSA) is 73.3 Å². The number of ether oxygens (including phenoxy) is 4. The zero-order valence-corrected chi connectivity index (χ0v) is 14.9. The monoisotopic (exact) mass is 341 g/mol. The molecule has 1 rings (SSSR count). The number of benzene rings is 1. The molecule has 2 N–H and O–H groups in total. The summed E-state index contributed by atoms with van der Waals surface area (Å²) in [6, 6.07) is 3.65. The minimum Gasteiger partial charge on any atom is -0.493 e. The highest BCUT2D eigenvalue weighted by molar-refractivity contribution is 7.80. The SMILES string of the molecule is COCCNC(=S)N/N=C(/C)c1cc(OC)c(OC)c(OC)c1. The quantitative estimate of drug-likeness (QED) is 0.322. The lowest BCUT2D eigenvalue weighted by molar-refractivity contribution is 0.204. The Kier molecular flexibility index (Phi) is 8.14. The summed E-state index contributed by atoms with van der Waals surface area (Å²) < 4.78 is 20.9. The van der Waals surface area contributed by atoms with Gasteiger partial charge < -0.3 is 24.3 Å². The second-order valence-corrected chi connectivity index (χ2v) is 4.88. The third-order valence-electron chi connectivity index (χ3n) is 3.00. The summed E-state index contributed by atoms with van der Waals surface area (Å²) in [4.78, 5) is 0. The van der Waals surface area contributed by atoms with Gasteiger partial charge in [0.2, 0.25) is 5.75 Å². The normalized spacial score (nSPS) is 10.9. The van der Waals surface area contributed by atoms with E-state index in [-0.39, 0.29) is 0 Å². The van der Waals surface area contributed by atoms with Gasteiger partial charge >= 0.3 is 0 Å². The van der Waals surface area contributed by atoms with Gasteiger partial charge in [-0.1, -0.05) is 0 Å². The van der Waals surface area contributed by atoms with Crippen LogP contribution in [0.2, 0.25) is 0 Å². The number of hydrogen-bond acceptors (Lipinski definition) is 6. The Hall–Kier alpha value is -2.06. The predicted octanol–water partition coefficient (Wildman–Crippen LogP) is 1.55.